The molecule has 1 unspecified atom stereocenters. The molecule has 2 fully saturated rings. The van der Waals surface area contributed by atoms with E-state index in [1.165, 1.54) is 58.3 Å². The lowest BCUT2D eigenvalue weighted by Crippen LogP contribution is -2.52. The van der Waals surface area contributed by atoms with E-state index in [4.69, 9.17) is 0 Å². The second-order valence-electron chi connectivity index (χ2n) is 6.99. The van der Waals surface area contributed by atoms with Crippen molar-refractivity contribution >= 4 is 0 Å². The number of piperidine rings is 2. The Morgan fingerprint density at radius 2 is 1.94 bits per heavy atom. The maximum absolute atomic E-state index is 3.78. The molecule has 0 radical (unpaired) electrons. The average molecular weight is 253 g/mol. The molecule has 0 aromatic rings. The lowest BCUT2D eigenvalue weighted by molar-refractivity contribution is 0.204. The van der Waals surface area contributed by atoms with Gasteiger partial charge in [0.05, 0.1) is 0 Å². The van der Waals surface area contributed by atoms with Crippen molar-refractivity contribution in [2.75, 3.05) is 33.2 Å². The van der Waals surface area contributed by atoms with E-state index in [1.54, 1.807) is 0 Å². The third-order valence-electron chi connectivity index (χ3n) is 4.68. The van der Waals surface area contributed by atoms with Gasteiger partial charge in [0.15, 0.2) is 0 Å². The Labute approximate surface area is 113 Å². The quantitative estimate of drug-likeness (QED) is 0.800. The van der Waals surface area contributed by atoms with E-state index in [0.717, 1.165) is 12.0 Å². The van der Waals surface area contributed by atoms with Gasteiger partial charge in [-0.3, -0.25) is 0 Å². The predicted molar refractivity (Wildman–Crippen MR) is 77.9 cm³/mol. The maximum Gasteiger partial charge on any atom is 0.0139 e. The minimum Gasteiger partial charge on any atom is -0.314 e. The van der Waals surface area contributed by atoms with Crippen molar-refractivity contribution in [2.24, 2.45) is 5.92 Å². The third kappa shape index (κ3) is 4.52. The summed E-state index contributed by atoms with van der Waals surface area (Å²) in [5.41, 5.74) is 0.323. The van der Waals surface area contributed by atoms with Crippen LogP contribution in [0.3, 0.4) is 0 Å². The molecule has 2 rings (SSSR count). The van der Waals surface area contributed by atoms with Crippen LogP contribution < -0.4 is 10.6 Å². The molecule has 1 atom stereocenters. The molecule has 2 aliphatic heterocycles. The van der Waals surface area contributed by atoms with Gasteiger partial charge in [0, 0.05) is 11.6 Å². The van der Waals surface area contributed by atoms with Gasteiger partial charge < -0.3 is 15.5 Å². The fourth-order valence-electron chi connectivity index (χ4n) is 3.39. The molecule has 0 aliphatic carbocycles. The van der Waals surface area contributed by atoms with Crippen LogP contribution in [0.5, 0.6) is 0 Å². The summed E-state index contributed by atoms with van der Waals surface area (Å²) in [5, 5.41) is 7.37. The average Bonchev–Trinajstić information content (AvgIpc) is 2.30. The van der Waals surface area contributed by atoms with Gasteiger partial charge in [0.2, 0.25) is 0 Å². The van der Waals surface area contributed by atoms with Crippen LogP contribution in [-0.4, -0.2) is 49.7 Å². The van der Waals surface area contributed by atoms with Gasteiger partial charge in [-0.05, 0) is 85.1 Å². The monoisotopic (exact) mass is 253 g/mol. The highest BCUT2D eigenvalue weighted by Gasteiger charge is 2.27. The zero-order chi connectivity index (χ0) is 13.0. The van der Waals surface area contributed by atoms with Gasteiger partial charge in [-0.15, -0.1) is 0 Å². The van der Waals surface area contributed by atoms with E-state index >= 15 is 0 Å². The van der Waals surface area contributed by atoms with Crippen molar-refractivity contribution in [1.29, 1.82) is 0 Å². The van der Waals surface area contributed by atoms with Crippen molar-refractivity contribution in [3.05, 3.63) is 0 Å². The summed E-state index contributed by atoms with van der Waals surface area (Å²) in [6, 6.07) is 0.729. The fraction of sp³-hybridized carbons (Fsp3) is 1.00. The molecule has 0 spiro atoms. The summed E-state index contributed by atoms with van der Waals surface area (Å²) < 4.78 is 0. The minimum absolute atomic E-state index is 0.323. The molecular formula is C15H31N3. The van der Waals surface area contributed by atoms with Crippen molar-refractivity contribution in [2.45, 2.75) is 57.5 Å². The highest BCUT2D eigenvalue weighted by molar-refractivity contribution is 4.89. The molecule has 0 amide bonds. The van der Waals surface area contributed by atoms with E-state index in [1.807, 2.05) is 0 Å². The van der Waals surface area contributed by atoms with Crippen molar-refractivity contribution < 1.29 is 0 Å². The Morgan fingerprint density at radius 1 is 1.22 bits per heavy atom. The summed E-state index contributed by atoms with van der Waals surface area (Å²) in [7, 11) is 2.24. The largest absolute Gasteiger partial charge is 0.314 e. The van der Waals surface area contributed by atoms with Crippen LogP contribution in [0.25, 0.3) is 0 Å². The van der Waals surface area contributed by atoms with Crippen molar-refractivity contribution in [3.63, 3.8) is 0 Å². The molecule has 2 saturated heterocycles. The van der Waals surface area contributed by atoms with Gasteiger partial charge >= 0.3 is 0 Å². The Kier molecular flexibility index (Phi) is 5.05. The summed E-state index contributed by atoms with van der Waals surface area (Å²) in [6.45, 7) is 9.61. The number of nitrogens with zero attached hydrogens (tertiary/aromatic N) is 1. The standard InChI is InChI=1S/C15H31N3/c1-15(2)12-14(5-9-17-15)16-8-4-13-6-10-18(3)11-7-13/h13-14,16-17H,4-12H2,1-3H3. The maximum atomic E-state index is 3.78. The molecule has 0 aromatic heterocycles. The van der Waals surface area contributed by atoms with E-state index in [9.17, 15) is 0 Å². The highest BCUT2D eigenvalue weighted by Crippen LogP contribution is 2.21. The topological polar surface area (TPSA) is 27.3 Å². The molecule has 2 aliphatic rings. The molecule has 0 bridgehead atoms. The lowest BCUT2D eigenvalue weighted by atomic mass is 9.89. The summed E-state index contributed by atoms with van der Waals surface area (Å²) in [4.78, 5) is 2.46. The molecule has 18 heavy (non-hydrogen) atoms. The summed E-state index contributed by atoms with van der Waals surface area (Å²) in [5.74, 6) is 0.962. The molecule has 3 heteroatoms. The SMILES string of the molecule is CN1CCC(CCNC2CCNC(C)(C)C2)CC1. The van der Waals surface area contributed by atoms with Gasteiger partial charge in [-0.1, -0.05) is 0 Å². The Hall–Kier alpha value is -0.120. The Balaban J connectivity index is 1.60. The molecule has 3 nitrogen and oxygen atoms in total. The number of nitrogens with one attached hydrogen (secondary N) is 2. The fourth-order valence-corrected chi connectivity index (χ4v) is 3.39. The first-order valence-electron chi connectivity index (χ1n) is 7.72. The van der Waals surface area contributed by atoms with Crippen LogP contribution in [0.15, 0.2) is 0 Å². The number of rotatable bonds is 4. The zero-order valence-corrected chi connectivity index (χ0v) is 12.5. The van der Waals surface area contributed by atoms with Gasteiger partial charge in [0.25, 0.3) is 0 Å². The lowest BCUT2D eigenvalue weighted by Gasteiger charge is -2.37. The second-order valence-corrected chi connectivity index (χ2v) is 6.99. The smallest absolute Gasteiger partial charge is 0.0139 e. The van der Waals surface area contributed by atoms with E-state index in [0.29, 0.717) is 5.54 Å². The molecule has 106 valence electrons. The molecule has 2 heterocycles. The second kappa shape index (κ2) is 6.36. The highest BCUT2D eigenvalue weighted by atomic mass is 15.1. The molecule has 0 saturated carbocycles. The zero-order valence-electron chi connectivity index (χ0n) is 12.5. The van der Waals surface area contributed by atoms with Crippen molar-refractivity contribution in [3.8, 4) is 0 Å². The van der Waals surface area contributed by atoms with Crippen LogP contribution in [-0.2, 0) is 0 Å². The van der Waals surface area contributed by atoms with E-state index < -0.39 is 0 Å². The third-order valence-corrected chi connectivity index (χ3v) is 4.68. The Bertz CT molecular complexity index is 244. The summed E-state index contributed by atoms with van der Waals surface area (Å²) in [6.07, 6.45) is 6.72. The first-order valence-corrected chi connectivity index (χ1v) is 7.72. The van der Waals surface area contributed by atoms with Crippen LogP contribution in [0.2, 0.25) is 0 Å². The normalized spacial score (nSPS) is 30.5. The number of hydrogen-bond acceptors (Lipinski definition) is 3. The van der Waals surface area contributed by atoms with Gasteiger partial charge in [0.1, 0.15) is 0 Å². The minimum atomic E-state index is 0.323. The number of hydrogen-bond donors (Lipinski definition) is 2. The van der Waals surface area contributed by atoms with Gasteiger partial charge in [-0.2, -0.15) is 0 Å². The van der Waals surface area contributed by atoms with Crippen molar-refractivity contribution in [1.82, 2.24) is 15.5 Å². The van der Waals surface area contributed by atoms with Crippen LogP contribution in [0.4, 0.5) is 0 Å². The first kappa shape index (κ1) is 14.3. The van der Waals surface area contributed by atoms with Gasteiger partial charge in [-0.25, -0.2) is 0 Å². The number of likely N-dealkylation sites (tertiary alicyclic amines) is 1. The molecule has 0 aromatic carbocycles. The first-order chi connectivity index (χ1) is 8.55. The molecular weight excluding hydrogens is 222 g/mol. The van der Waals surface area contributed by atoms with Crippen LogP contribution >= 0.6 is 0 Å². The summed E-state index contributed by atoms with van der Waals surface area (Å²) >= 11 is 0. The molecule has 2 N–H and O–H groups in total. The van der Waals surface area contributed by atoms with E-state index in [2.05, 4.69) is 36.4 Å². The Morgan fingerprint density at radius 3 is 2.61 bits per heavy atom. The van der Waals surface area contributed by atoms with Crippen LogP contribution in [0.1, 0.15) is 46.0 Å². The van der Waals surface area contributed by atoms with Crippen LogP contribution in [0, 0.1) is 5.92 Å². The van der Waals surface area contributed by atoms with E-state index in [-0.39, 0.29) is 0 Å². The predicted octanol–water partition coefficient (Wildman–Crippen LogP) is 1.84.